The van der Waals surface area contributed by atoms with Crippen LogP contribution >= 0.6 is 11.6 Å². The molecule has 2 heterocycles. The van der Waals surface area contributed by atoms with Gasteiger partial charge in [-0.3, -0.25) is 9.79 Å². The molecule has 1 fully saturated rings. The number of likely N-dealkylation sites (tertiary alicyclic amines) is 1. The van der Waals surface area contributed by atoms with E-state index < -0.39 is 0 Å². The minimum absolute atomic E-state index is 0.0240. The molecule has 1 aromatic carbocycles. The van der Waals surface area contributed by atoms with Crippen LogP contribution in [0.4, 0.5) is 0 Å². The van der Waals surface area contributed by atoms with Crippen LogP contribution < -0.4 is 5.32 Å². The van der Waals surface area contributed by atoms with Crippen LogP contribution in [0, 0.1) is 5.92 Å². The summed E-state index contributed by atoms with van der Waals surface area (Å²) in [7, 11) is 3.19. The van der Waals surface area contributed by atoms with Crippen molar-refractivity contribution in [2.24, 2.45) is 10.9 Å². The Balaban J connectivity index is 1.48. The fourth-order valence-electron chi connectivity index (χ4n) is 3.18. The molecule has 0 radical (unpaired) electrons. The van der Waals surface area contributed by atoms with Crippen molar-refractivity contribution < 1.29 is 14.1 Å². The Labute approximate surface area is 168 Å². The normalized spacial score (nSPS) is 15.5. The molecule has 8 nitrogen and oxygen atoms in total. The van der Waals surface area contributed by atoms with Gasteiger partial charge in [-0.25, -0.2) is 0 Å². The second kappa shape index (κ2) is 9.54. The highest BCUT2D eigenvalue weighted by atomic mass is 35.5. The standard InChI is InChI=1S/C19H24ClN5O3/c1-21-19(25-11-8-14(9-12-25)18(26)27-2)22-10-7-16-23-17(24-28-16)13-3-5-15(20)6-4-13/h3-6,14H,7-12H2,1-2H3,(H,21,22). The molecule has 0 amide bonds. The summed E-state index contributed by atoms with van der Waals surface area (Å²) in [4.78, 5) is 22.5. The van der Waals surface area contributed by atoms with Crippen molar-refractivity contribution in [3.8, 4) is 11.4 Å². The van der Waals surface area contributed by atoms with Crippen LogP contribution in [0.1, 0.15) is 18.7 Å². The molecular formula is C19H24ClN5O3. The van der Waals surface area contributed by atoms with E-state index in [1.807, 2.05) is 12.1 Å². The molecule has 150 valence electrons. The summed E-state index contributed by atoms with van der Waals surface area (Å²) in [6.45, 7) is 2.15. The van der Waals surface area contributed by atoms with Gasteiger partial charge >= 0.3 is 5.97 Å². The maximum absolute atomic E-state index is 11.6. The molecule has 9 heteroatoms. The number of nitrogens with one attached hydrogen (secondary N) is 1. The number of guanidine groups is 1. The number of aromatic nitrogens is 2. The summed E-state index contributed by atoms with van der Waals surface area (Å²) in [6.07, 6.45) is 2.11. The summed E-state index contributed by atoms with van der Waals surface area (Å²) >= 11 is 5.90. The number of aliphatic imine (C=N–C) groups is 1. The SMILES string of the molecule is CN=C(NCCc1nc(-c2ccc(Cl)cc2)no1)N1CCC(C(=O)OC)CC1. The lowest BCUT2D eigenvalue weighted by Gasteiger charge is -2.33. The quantitative estimate of drug-likeness (QED) is 0.463. The van der Waals surface area contributed by atoms with Crippen molar-refractivity contribution in [3.05, 3.63) is 35.2 Å². The molecule has 0 spiro atoms. The molecule has 0 bridgehead atoms. The predicted molar refractivity (Wildman–Crippen MR) is 106 cm³/mol. The lowest BCUT2D eigenvalue weighted by molar-refractivity contribution is -0.146. The maximum atomic E-state index is 11.6. The Morgan fingerprint density at radius 3 is 2.71 bits per heavy atom. The summed E-state index contributed by atoms with van der Waals surface area (Å²) < 4.78 is 10.2. The van der Waals surface area contributed by atoms with Gasteiger partial charge in [0.05, 0.1) is 13.0 Å². The Bertz CT molecular complexity index is 813. The van der Waals surface area contributed by atoms with E-state index in [2.05, 4.69) is 25.3 Å². The molecule has 28 heavy (non-hydrogen) atoms. The number of ether oxygens (including phenoxy) is 1. The number of carbonyl (C=O) groups excluding carboxylic acids is 1. The number of hydrogen-bond acceptors (Lipinski definition) is 6. The molecule has 1 saturated heterocycles. The monoisotopic (exact) mass is 405 g/mol. The van der Waals surface area contributed by atoms with Crippen LogP contribution in [0.3, 0.4) is 0 Å². The number of rotatable bonds is 5. The minimum Gasteiger partial charge on any atom is -0.469 e. The van der Waals surface area contributed by atoms with Gasteiger partial charge in [0.1, 0.15) is 0 Å². The number of nitrogens with zero attached hydrogens (tertiary/aromatic N) is 4. The fourth-order valence-corrected chi connectivity index (χ4v) is 3.31. The van der Waals surface area contributed by atoms with Crippen LogP contribution in [-0.2, 0) is 16.0 Å². The number of methoxy groups -OCH3 is 1. The molecule has 2 aromatic rings. The van der Waals surface area contributed by atoms with Gasteiger partial charge in [-0.1, -0.05) is 16.8 Å². The van der Waals surface area contributed by atoms with Crippen LogP contribution in [0.2, 0.25) is 5.02 Å². The summed E-state index contributed by atoms with van der Waals surface area (Å²) in [5, 5.41) is 8.00. The van der Waals surface area contributed by atoms with Crippen molar-refractivity contribution in [1.29, 1.82) is 0 Å². The molecule has 0 aliphatic carbocycles. The van der Waals surface area contributed by atoms with E-state index >= 15 is 0 Å². The van der Waals surface area contributed by atoms with Crippen molar-refractivity contribution in [3.63, 3.8) is 0 Å². The lowest BCUT2D eigenvalue weighted by Crippen LogP contribution is -2.47. The highest BCUT2D eigenvalue weighted by molar-refractivity contribution is 6.30. The fraction of sp³-hybridized carbons (Fsp3) is 0.474. The Kier molecular flexibility index (Phi) is 6.86. The second-order valence-corrected chi connectivity index (χ2v) is 6.96. The first kappa shape index (κ1) is 20.1. The van der Waals surface area contributed by atoms with Crippen molar-refractivity contribution in [2.75, 3.05) is 33.8 Å². The van der Waals surface area contributed by atoms with Gasteiger partial charge in [0.15, 0.2) is 5.96 Å². The molecular weight excluding hydrogens is 382 g/mol. The van der Waals surface area contributed by atoms with E-state index in [1.54, 1.807) is 19.2 Å². The lowest BCUT2D eigenvalue weighted by atomic mass is 9.97. The van der Waals surface area contributed by atoms with E-state index in [0.717, 1.165) is 37.5 Å². The predicted octanol–water partition coefficient (Wildman–Crippen LogP) is 2.39. The van der Waals surface area contributed by atoms with Crippen molar-refractivity contribution in [2.45, 2.75) is 19.3 Å². The molecule has 3 rings (SSSR count). The Morgan fingerprint density at radius 2 is 2.07 bits per heavy atom. The van der Waals surface area contributed by atoms with Gasteiger partial charge < -0.3 is 19.5 Å². The average molecular weight is 406 g/mol. The summed E-state index contributed by atoms with van der Waals surface area (Å²) in [6, 6.07) is 7.30. The van der Waals surface area contributed by atoms with Gasteiger partial charge in [0.25, 0.3) is 0 Å². The molecule has 1 N–H and O–H groups in total. The molecule has 1 aromatic heterocycles. The molecule has 1 aliphatic rings. The summed E-state index contributed by atoms with van der Waals surface area (Å²) in [5.74, 6) is 1.75. The van der Waals surface area contributed by atoms with E-state index in [-0.39, 0.29) is 11.9 Å². The van der Waals surface area contributed by atoms with Crippen molar-refractivity contribution >= 4 is 23.5 Å². The molecule has 0 unspecified atom stereocenters. The van der Waals surface area contributed by atoms with E-state index in [4.69, 9.17) is 20.9 Å². The van der Waals surface area contributed by atoms with Crippen LogP contribution in [0.5, 0.6) is 0 Å². The zero-order chi connectivity index (χ0) is 19.9. The number of esters is 1. The van der Waals surface area contributed by atoms with Gasteiger partial charge in [-0.15, -0.1) is 0 Å². The average Bonchev–Trinajstić information content (AvgIpc) is 3.20. The summed E-state index contributed by atoms with van der Waals surface area (Å²) in [5.41, 5.74) is 0.858. The number of piperidine rings is 1. The Morgan fingerprint density at radius 1 is 1.36 bits per heavy atom. The third-order valence-electron chi connectivity index (χ3n) is 4.73. The zero-order valence-corrected chi connectivity index (χ0v) is 16.8. The van der Waals surface area contributed by atoms with Crippen LogP contribution in [0.25, 0.3) is 11.4 Å². The topological polar surface area (TPSA) is 92.9 Å². The molecule has 0 saturated carbocycles. The molecule has 1 aliphatic heterocycles. The van der Waals surface area contributed by atoms with Gasteiger partial charge in [-0.2, -0.15) is 4.98 Å². The van der Waals surface area contributed by atoms with E-state index in [0.29, 0.717) is 29.7 Å². The highest BCUT2D eigenvalue weighted by Crippen LogP contribution is 2.19. The zero-order valence-electron chi connectivity index (χ0n) is 16.0. The van der Waals surface area contributed by atoms with Gasteiger partial charge in [-0.05, 0) is 37.1 Å². The number of hydrogen-bond donors (Lipinski definition) is 1. The third kappa shape index (κ3) is 5.01. The van der Waals surface area contributed by atoms with E-state index in [1.165, 1.54) is 7.11 Å². The highest BCUT2D eigenvalue weighted by Gasteiger charge is 2.26. The molecule has 0 atom stereocenters. The first-order valence-corrected chi connectivity index (χ1v) is 9.60. The largest absolute Gasteiger partial charge is 0.469 e. The Hall–Kier alpha value is -2.61. The number of carbonyl (C=O) groups is 1. The third-order valence-corrected chi connectivity index (χ3v) is 4.99. The first-order chi connectivity index (χ1) is 13.6. The van der Waals surface area contributed by atoms with Crippen molar-refractivity contribution in [1.82, 2.24) is 20.4 Å². The smallest absolute Gasteiger partial charge is 0.308 e. The number of halogens is 1. The van der Waals surface area contributed by atoms with E-state index in [9.17, 15) is 4.79 Å². The van der Waals surface area contributed by atoms with Crippen LogP contribution in [-0.4, -0.2) is 60.8 Å². The number of benzene rings is 1. The van der Waals surface area contributed by atoms with Crippen LogP contribution in [0.15, 0.2) is 33.8 Å². The van der Waals surface area contributed by atoms with Gasteiger partial charge in [0, 0.05) is 43.7 Å². The second-order valence-electron chi connectivity index (χ2n) is 6.53. The maximum Gasteiger partial charge on any atom is 0.308 e. The minimum atomic E-state index is -0.129. The first-order valence-electron chi connectivity index (χ1n) is 9.22. The van der Waals surface area contributed by atoms with Gasteiger partial charge in [0.2, 0.25) is 11.7 Å².